The van der Waals surface area contributed by atoms with E-state index in [0.29, 0.717) is 12.5 Å². The normalized spacial score (nSPS) is 18.2. The maximum absolute atomic E-state index is 5.37. The van der Waals surface area contributed by atoms with Crippen molar-refractivity contribution in [1.82, 2.24) is 10.1 Å². The summed E-state index contributed by atoms with van der Waals surface area (Å²) < 4.78 is 16.1. The molecule has 5 heteroatoms. The summed E-state index contributed by atoms with van der Waals surface area (Å²) in [5.74, 6) is 2.38. The van der Waals surface area contributed by atoms with Gasteiger partial charge in [0, 0.05) is 23.7 Å². The van der Waals surface area contributed by atoms with Gasteiger partial charge in [-0.05, 0) is 30.7 Å². The molecule has 1 aliphatic heterocycles. The molecule has 1 aromatic carbocycles. The highest BCUT2D eigenvalue weighted by atomic mass is 16.5. The van der Waals surface area contributed by atoms with Crippen molar-refractivity contribution in [2.45, 2.75) is 12.3 Å². The van der Waals surface area contributed by atoms with Crippen molar-refractivity contribution in [3.8, 4) is 22.8 Å². The molecule has 0 aliphatic carbocycles. The number of hydrogen-bond acceptors (Lipinski definition) is 5. The maximum Gasteiger partial charge on any atom is 0.257 e. The smallest absolute Gasteiger partial charge is 0.257 e. The van der Waals surface area contributed by atoms with Gasteiger partial charge in [-0.25, -0.2) is 0 Å². The molecule has 3 aromatic rings. The molecular weight excluding hydrogens is 268 g/mol. The number of furan rings is 1. The van der Waals surface area contributed by atoms with Gasteiger partial charge in [0.1, 0.15) is 5.76 Å². The molecule has 1 fully saturated rings. The van der Waals surface area contributed by atoms with Crippen LogP contribution >= 0.6 is 0 Å². The van der Waals surface area contributed by atoms with Crippen molar-refractivity contribution in [3.63, 3.8) is 0 Å². The van der Waals surface area contributed by atoms with Gasteiger partial charge >= 0.3 is 0 Å². The van der Waals surface area contributed by atoms with E-state index in [1.54, 1.807) is 6.26 Å². The van der Waals surface area contributed by atoms with Crippen molar-refractivity contribution >= 4 is 0 Å². The number of nitrogens with zero attached hydrogens (tertiary/aromatic N) is 2. The van der Waals surface area contributed by atoms with Crippen molar-refractivity contribution in [3.05, 3.63) is 48.5 Å². The fourth-order valence-electron chi connectivity index (χ4n) is 2.48. The average Bonchev–Trinajstić information content (AvgIpc) is 3.27. The van der Waals surface area contributed by atoms with E-state index in [2.05, 4.69) is 10.1 Å². The van der Waals surface area contributed by atoms with Gasteiger partial charge in [-0.15, -0.1) is 0 Å². The molecular formula is C16H14N2O3. The summed E-state index contributed by atoms with van der Waals surface area (Å²) in [5, 5.41) is 4.06. The molecule has 0 saturated carbocycles. The van der Waals surface area contributed by atoms with Gasteiger partial charge in [-0.3, -0.25) is 0 Å². The topological polar surface area (TPSA) is 61.3 Å². The molecule has 2 aromatic heterocycles. The quantitative estimate of drug-likeness (QED) is 0.735. The molecule has 0 spiro atoms. The van der Waals surface area contributed by atoms with Crippen LogP contribution in [0.1, 0.15) is 18.2 Å². The van der Waals surface area contributed by atoms with Crippen LogP contribution in [-0.4, -0.2) is 23.4 Å². The first-order valence-corrected chi connectivity index (χ1v) is 6.96. The predicted octanol–water partition coefficient (Wildman–Crippen LogP) is 3.50. The van der Waals surface area contributed by atoms with E-state index in [0.717, 1.165) is 35.7 Å². The molecule has 0 N–H and O–H groups in total. The SMILES string of the molecule is c1coc(-c2ccc(-c3nc([C@H]4CCOC4)no3)cc2)c1. The fourth-order valence-corrected chi connectivity index (χ4v) is 2.48. The van der Waals surface area contributed by atoms with Crippen molar-refractivity contribution in [2.75, 3.05) is 13.2 Å². The van der Waals surface area contributed by atoms with E-state index in [1.165, 1.54) is 0 Å². The van der Waals surface area contributed by atoms with E-state index in [4.69, 9.17) is 13.7 Å². The standard InChI is InChI=1S/C16H14N2O3/c1-2-14(20-8-1)11-3-5-12(6-4-11)16-17-15(18-21-16)13-7-9-19-10-13/h1-6,8,13H,7,9-10H2/t13-/m0/s1. The lowest BCUT2D eigenvalue weighted by Gasteiger charge is -1.99. The summed E-state index contributed by atoms with van der Waals surface area (Å²) in [6, 6.07) is 11.7. The zero-order valence-corrected chi connectivity index (χ0v) is 11.4. The Morgan fingerprint density at radius 1 is 1.05 bits per heavy atom. The minimum atomic E-state index is 0.255. The largest absolute Gasteiger partial charge is 0.464 e. The van der Waals surface area contributed by atoms with Crippen LogP contribution in [0.15, 0.2) is 51.6 Å². The zero-order valence-electron chi connectivity index (χ0n) is 11.4. The van der Waals surface area contributed by atoms with Crippen molar-refractivity contribution < 1.29 is 13.7 Å². The van der Waals surface area contributed by atoms with Crippen LogP contribution in [0.4, 0.5) is 0 Å². The summed E-state index contributed by atoms with van der Waals surface area (Å²) >= 11 is 0. The first-order chi connectivity index (χ1) is 10.4. The van der Waals surface area contributed by atoms with Gasteiger partial charge in [-0.1, -0.05) is 17.3 Å². The fraction of sp³-hybridized carbons (Fsp3) is 0.250. The summed E-state index contributed by atoms with van der Waals surface area (Å²) in [4.78, 5) is 4.47. The van der Waals surface area contributed by atoms with Gasteiger partial charge < -0.3 is 13.7 Å². The number of rotatable bonds is 3. The highest BCUT2D eigenvalue weighted by Crippen LogP contribution is 2.27. The lowest BCUT2D eigenvalue weighted by Crippen LogP contribution is -1.99. The van der Waals surface area contributed by atoms with Crippen LogP contribution in [0.2, 0.25) is 0 Å². The van der Waals surface area contributed by atoms with Crippen LogP contribution in [0, 0.1) is 0 Å². The third kappa shape index (κ3) is 2.36. The second kappa shape index (κ2) is 5.18. The molecule has 1 aliphatic rings. The van der Waals surface area contributed by atoms with Crippen LogP contribution in [0.25, 0.3) is 22.8 Å². The number of benzene rings is 1. The van der Waals surface area contributed by atoms with Crippen molar-refractivity contribution in [2.24, 2.45) is 0 Å². The average molecular weight is 282 g/mol. The third-order valence-corrected chi connectivity index (χ3v) is 3.67. The minimum absolute atomic E-state index is 0.255. The van der Waals surface area contributed by atoms with Gasteiger partial charge in [0.15, 0.2) is 5.82 Å². The van der Waals surface area contributed by atoms with Crippen LogP contribution in [0.3, 0.4) is 0 Å². The Morgan fingerprint density at radius 2 is 1.90 bits per heavy atom. The van der Waals surface area contributed by atoms with Crippen LogP contribution in [0.5, 0.6) is 0 Å². The molecule has 106 valence electrons. The number of hydrogen-bond donors (Lipinski definition) is 0. The Bertz CT molecular complexity index is 710. The summed E-state index contributed by atoms with van der Waals surface area (Å²) in [6.45, 7) is 1.45. The first kappa shape index (κ1) is 12.3. The van der Waals surface area contributed by atoms with Gasteiger partial charge in [0.2, 0.25) is 0 Å². The van der Waals surface area contributed by atoms with Crippen LogP contribution in [-0.2, 0) is 4.74 Å². The second-order valence-electron chi connectivity index (χ2n) is 5.07. The molecule has 4 rings (SSSR count). The van der Waals surface area contributed by atoms with Gasteiger partial charge in [-0.2, -0.15) is 4.98 Å². The van der Waals surface area contributed by atoms with Crippen LogP contribution < -0.4 is 0 Å². The molecule has 3 heterocycles. The highest BCUT2D eigenvalue weighted by molar-refractivity contribution is 5.63. The summed E-state index contributed by atoms with van der Waals surface area (Å²) in [6.07, 6.45) is 2.62. The lowest BCUT2D eigenvalue weighted by molar-refractivity contribution is 0.192. The predicted molar refractivity (Wildman–Crippen MR) is 75.6 cm³/mol. The molecule has 21 heavy (non-hydrogen) atoms. The van der Waals surface area contributed by atoms with E-state index in [9.17, 15) is 0 Å². The Kier molecular flexibility index (Phi) is 3.05. The highest BCUT2D eigenvalue weighted by Gasteiger charge is 2.23. The van der Waals surface area contributed by atoms with E-state index in [1.807, 2.05) is 36.4 Å². The molecule has 0 amide bonds. The van der Waals surface area contributed by atoms with E-state index < -0.39 is 0 Å². The monoisotopic (exact) mass is 282 g/mol. The maximum atomic E-state index is 5.37. The molecule has 1 atom stereocenters. The third-order valence-electron chi connectivity index (χ3n) is 3.67. The first-order valence-electron chi connectivity index (χ1n) is 6.96. The summed E-state index contributed by atoms with van der Waals surface area (Å²) in [5.41, 5.74) is 1.93. The minimum Gasteiger partial charge on any atom is -0.464 e. The Balaban J connectivity index is 1.58. The second-order valence-corrected chi connectivity index (χ2v) is 5.07. The number of ether oxygens (including phenoxy) is 1. The Labute approximate surface area is 121 Å². The van der Waals surface area contributed by atoms with Gasteiger partial charge in [0.25, 0.3) is 5.89 Å². The summed E-state index contributed by atoms with van der Waals surface area (Å²) in [7, 11) is 0. The van der Waals surface area contributed by atoms with Crippen molar-refractivity contribution in [1.29, 1.82) is 0 Å². The Hall–Kier alpha value is -2.40. The molecule has 5 nitrogen and oxygen atoms in total. The number of aromatic nitrogens is 2. The molecule has 0 bridgehead atoms. The van der Waals surface area contributed by atoms with E-state index in [-0.39, 0.29) is 5.92 Å². The molecule has 0 radical (unpaired) electrons. The van der Waals surface area contributed by atoms with E-state index >= 15 is 0 Å². The zero-order chi connectivity index (χ0) is 14.1. The van der Waals surface area contributed by atoms with Gasteiger partial charge in [0.05, 0.1) is 12.9 Å². The molecule has 0 unspecified atom stereocenters. The molecule has 1 saturated heterocycles. The lowest BCUT2D eigenvalue weighted by atomic mass is 10.1. The Morgan fingerprint density at radius 3 is 2.62 bits per heavy atom.